The molecule has 6 heteroatoms. The zero-order valence-electron chi connectivity index (χ0n) is 11.1. The fraction of sp³-hybridized carbons (Fsp3) is 0.385. The van der Waals surface area contributed by atoms with E-state index in [1.807, 2.05) is 36.3 Å². The van der Waals surface area contributed by atoms with Gasteiger partial charge >= 0.3 is 0 Å². The molecule has 0 fully saturated rings. The predicted molar refractivity (Wildman–Crippen MR) is 83.2 cm³/mol. The molecular weight excluding hydrogens is 372 g/mol. The third-order valence-corrected chi connectivity index (χ3v) is 3.96. The summed E-state index contributed by atoms with van der Waals surface area (Å²) < 4.78 is 3.97. The topological polar surface area (TPSA) is 42.7 Å². The summed E-state index contributed by atoms with van der Waals surface area (Å²) in [5, 5.41) is 7.73. The number of aromatic nitrogens is 3. The first kappa shape index (κ1) is 14.7. The maximum absolute atomic E-state index is 4.48. The van der Waals surface area contributed by atoms with Crippen molar-refractivity contribution in [1.82, 2.24) is 20.1 Å². The van der Waals surface area contributed by atoms with Crippen LogP contribution in [0, 0.1) is 0 Å². The molecule has 1 N–H and O–H groups in total. The minimum Gasteiger partial charge on any atom is -0.307 e. The molecule has 0 amide bonds. The fourth-order valence-corrected chi connectivity index (χ4v) is 2.75. The first-order chi connectivity index (χ1) is 9.04. The van der Waals surface area contributed by atoms with E-state index in [0.717, 1.165) is 20.3 Å². The van der Waals surface area contributed by atoms with Crippen LogP contribution in [-0.2, 0) is 0 Å². The third-order valence-electron chi connectivity index (χ3n) is 2.88. The number of halogens is 2. The number of hydrogen-bond acceptors (Lipinski definition) is 3. The highest BCUT2D eigenvalue weighted by molar-refractivity contribution is 9.10. The molecule has 102 valence electrons. The Bertz CT molecular complexity index is 548. The molecule has 2 aromatic heterocycles. The van der Waals surface area contributed by atoms with E-state index in [4.69, 9.17) is 0 Å². The number of pyridine rings is 1. The average Bonchev–Trinajstić information content (AvgIpc) is 2.75. The summed E-state index contributed by atoms with van der Waals surface area (Å²) in [6.45, 7) is 4.23. The van der Waals surface area contributed by atoms with Gasteiger partial charge in [-0.25, -0.2) is 0 Å². The van der Waals surface area contributed by atoms with Crippen molar-refractivity contribution in [1.29, 1.82) is 0 Å². The van der Waals surface area contributed by atoms with Crippen molar-refractivity contribution in [3.63, 3.8) is 0 Å². The van der Waals surface area contributed by atoms with Crippen LogP contribution in [0.3, 0.4) is 0 Å². The Morgan fingerprint density at radius 3 is 2.47 bits per heavy atom. The van der Waals surface area contributed by atoms with Crippen molar-refractivity contribution >= 4 is 31.9 Å². The maximum Gasteiger partial charge on any atom is 0.0931 e. The van der Waals surface area contributed by atoms with Crippen LogP contribution >= 0.6 is 31.9 Å². The Kier molecular flexibility index (Phi) is 4.76. The second-order valence-corrected chi connectivity index (χ2v) is 6.31. The van der Waals surface area contributed by atoms with Gasteiger partial charge in [-0.3, -0.25) is 9.67 Å². The van der Waals surface area contributed by atoms with Gasteiger partial charge in [0.25, 0.3) is 0 Å². The SMILES string of the molecule is CNC(c1ccc(Br)cn1)c1c(Br)cnn1C(C)C. The van der Waals surface area contributed by atoms with Crippen LogP contribution in [0.2, 0.25) is 0 Å². The monoisotopic (exact) mass is 386 g/mol. The molecule has 0 saturated heterocycles. The van der Waals surface area contributed by atoms with Crippen LogP contribution in [-0.4, -0.2) is 21.8 Å². The summed E-state index contributed by atoms with van der Waals surface area (Å²) in [5.74, 6) is 0. The Hall–Kier alpha value is -0.720. The highest BCUT2D eigenvalue weighted by atomic mass is 79.9. The van der Waals surface area contributed by atoms with Crippen LogP contribution < -0.4 is 5.32 Å². The van der Waals surface area contributed by atoms with Gasteiger partial charge in [-0.15, -0.1) is 0 Å². The summed E-state index contributed by atoms with van der Waals surface area (Å²) >= 11 is 6.99. The van der Waals surface area contributed by atoms with E-state index < -0.39 is 0 Å². The van der Waals surface area contributed by atoms with E-state index in [-0.39, 0.29) is 6.04 Å². The zero-order valence-corrected chi connectivity index (χ0v) is 14.2. The van der Waals surface area contributed by atoms with Gasteiger partial charge in [0.1, 0.15) is 0 Å². The predicted octanol–water partition coefficient (Wildman–Crippen LogP) is 3.69. The van der Waals surface area contributed by atoms with Crippen molar-refractivity contribution < 1.29 is 0 Å². The molecule has 0 aliphatic heterocycles. The van der Waals surface area contributed by atoms with Crippen LogP contribution in [0.1, 0.15) is 37.3 Å². The summed E-state index contributed by atoms with van der Waals surface area (Å²) in [6.07, 6.45) is 3.64. The number of nitrogens with zero attached hydrogens (tertiary/aromatic N) is 3. The van der Waals surface area contributed by atoms with Gasteiger partial charge in [0.05, 0.1) is 28.1 Å². The molecule has 1 atom stereocenters. The first-order valence-corrected chi connectivity index (χ1v) is 7.64. The molecule has 4 nitrogen and oxygen atoms in total. The summed E-state index contributed by atoms with van der Waals surface area (Å²) in [5.41, 5.74) is 2.06. The van der Waals surface area contributed by atoms with Crippen molar-refractivity contribution in [3.05, 3.63) is 44.9 Å². The normalized spacial score (nSPS) is 12.9. The third kappa shape index (κ3) is 3.07. The van der Waals surface area contributed by atoms with Gasteiger partial charge in [0.2, 0.25) is 0 Å². The van der Waals surface area contributed by atoms with E-state index in [2.05, 4.69) is 61.1 Å². The summed E-state index contributed by atoms with van der Waals surface area (Å²) in [7, 11) is 1.93. The molecule has 0 aromatic carbocycles. The Balaban J connectivity index is 2.47. The van der Waals surface area contributed by atoms with Gasteiger partial charge in [-0.2, -0.15) is 5.10 Å². The van der Waals surface area contributed by atoms with Crippen LogP contribution in [0.4, 0.5) is 0 Å². The molecule has 0 aliphatic rings. The van der Waals surface area contributed by atoms with Gasteiger partial charge in [0, 0.05) is 16.7 Å². The number of hydrogen-bond donors (Lipinski definition) is 1. The van der Waals surface area contributed by atoms with Crippen molar-refractivity contribution in [2.75, 3.05) is 7.05 Å². The molecule has 0 bridgehead atoms. The molecule has 0 radical (unpaired) electrons. The maximum atomic E-state index is 4.48. The zero-order chi connectivity index (χ0) is 14.0. The van der Waals surface area contributed by atoms with Gasteiger partial charge in [-0.05, 0) is 64.9 Å². The van der Waals surface area contributed by atoms with Gasteiger partial charge in [-0.1, -0.05) is 0 Å². The van der Waals surface area contributed by atoms with E-state index in [0.29, 0.717) is 6.04 Å². The van der Waals surface area contributed by atoms with Crippen molar-refractivity contribution in [2.24, 2.45) is 0 Å². The Morgan fingerprint density at radius 2 is 1.95 bits per heavy atom. The number of rotatable bonds is 4. The second-order valence-electron chi connectivity index (χ2n) is 4.54. The molecule has 0 saturated carbocycles. The van der Waals surface area contributed by atoms with Crippen LogP contribution in [0.25, 0.3) is 0 Å². The molecule has 2 rings (SSSR count). The van der Waals surface area contributed by atoms with E-state index in [9.17, 15) is 0 Å². The van der Waals surface area contributed by atoms with Crippen molar-refractivity contribution in [3.8, 4) is 0 Å². The van der Waals surface area contributed by atoms with Gasteiger partial charge < -0.3 is 5.32 Å². The average molecular weight is 388 g/mol. The second kappa shape index (κ2) is 6.15. The quantitative estimate of drug-likeness (QED) is 0.869. The largest absolute Gasteiger partial charge is 0.307 e. The molecule has 2 aromatic rings. The van der Waals surface area contributed by atoms with Gasteiger partial charge in [0.15, 0.2) is 0 Å². The minimum atomic E-state index is 0.00683. The lowest BCUT2D eigenvalue weighted by Crippen LogP contribution is -2.23. The summed E-state index contributed by atoms with van der Waals surface area (Å²) in [4.78, 5) is 4.48. The van der Waals surface area contributed by atoms with E-state index in [1.165, 1.54) is 0 Å². The highest BCUT2D eigenvalue weighted by Crippen LogP contribution is 2.29. The van der Waals surface area contributed by atoms with E-state index >= 15 is 0 Å². The minimum absolute atomic E-state index is 0.00683. The molecule has 0 aliphatic carbocycles. The molecule has 0 spiro atoms. The summed E-state index contributed by atoms with van der Waals surface area (Å²) in [6, 6.07) is 4.31. The lowest BCUT2D eigenvalue weighted by atomic mass is 10.1. The van der Waals surface area contributed by atoms with Crippen LogP contribution in [0.15, 0.2) is 33.5 Å². The van der Waals surface area contributed by atoms with Crippen LogP contribution in [0.5, 0.6) is 0 Å². The molecular formula is C13H16Br2N4. The Morgan fingerprint density at radius 1 is 1.21 bits per heavy atom. The lowest BCUT2D eigenvalue weighted by molar-refractivity contribution is 0.480. The standard InChI is InChI=1S/C13H16Br2N4/c1-8(2)19-13(10(15)7-18-19)12(16-3)11-5-4-9(14)6-17-11/h4-8,12,16H,1-3H3. The Labute approximate surface area is 129 Å². The smallest absolute Gasteiger partial charge is 0.0931 e. The van der Waals surface area contributed by atoms with E-state index in [1.54, 1.807) is 0 Å². The molecule has 1 unspecified atom stereocenters. The van der Waals surface area contributed by atoms with Crippen molar-refractivity contribution in [2.45, 2.75) is 25.9 Å². The lowest BCUT2D eigenvalue weighted by Gasteiger charge is -2.20. The first-order valence-electron chi connectivity index (χ1n) is 6.06. The highest BCUT2D eigenvalue weighted by Gasteiger charge is 2.22. The molecule has 19 heavy (non-hydrogen) atoms. The fourth-order valence-electron chi connectivity index (χ4n) is 2.02. The molecule has 2 heterocycles. The number of nitrogens with one attached hydrogen (secondary N) is 1.